The van der Waals surface area contributed by atoms with Gasteiger partial charge in [-0.1, -0.05) is 78.9 Å². The minimum absolute atomic E-state index is 0.113. The maximum Gasteiger partial charge on any atom is 0.357 e. The van der Waals surface area contributed by atoms with Gasteiger partial charge in [0, 0.05) is 10.9 Å². The summed E-state index contributed by atoms with van der Waals surface area (Å²) in [7, 11) is 1.31. The first kappa shape index (κ1) is 24.5. The Morgan fingerprint density at radius 3 is 2.29 bits per heavy atom. The van der Waals surface area contributed by atoms with Crippen LogP contribution in [-0.2, 0) is 20.9 Å². The first-order valence-electron chi connectivity index (χ1n) is 11.8. The van der Waals surface area contributed by atoms with Crippen LogP contribution in [0.2, 0.25) is 0 Å². The first-order chi connectivity index (χ1) is 18.6. The summed E-state index contributed by atoms with van der Waals surface area (Å²) in [5, 5.41) is 12.3. The lowest BCUT2D eigenvalue weighted by Crippen LogP contribution is -2.17. The Morgan fingerprint density at radius 2 is 1.61 bits per heavy atom. The van der Waals surface area contributed by atoms with Crippen LogP contribution in [0.5, 0.6) is 0 Å². The number of para-hydroxylation sites is 1. The monoisotopic (exact) mass is 505 g/mol. The Bertz CT molecular complexity index is 1650. The predicted molar refractivity (Wildman–Crippen MR) is 141 cm³/mol. The summed E-state index contributed by atoms with van der Waals surface area (Å²) in [4.78, 5) is 31.1. The number of fused-ring (bicyclic) bond motifs is 1. The zero-order valence-electron chi connectivity index (χ0n) is 20.7. The number of benzene rings is 3. The molecule has 0 aliphatic heterocycles. The lowest BCUT2D eigenvalue weighted by molar-refractivity contribution is -0.138. The van der Waals surface area contributed by atoms with E-state index in [2.05, 4.69) is 20.5 Å². The van der Waals surface area contributed by atoms with Gasteiger partial charge in [-0.05, 0) is 40.6 Å². The fraction of sp³-hybridized carbons (Fsp3) is 0.103. The number of esters is 2. The fourth-order valence-electron chi connectivity index (χ4n) is 4.17. The van der Waals surface area contributed by atoms with Gasteiger partial charge in [0.1, 0.15) is 6.61 Å². The topological polar surface area (TPSA) is 109 Å². The summed E-state index contributed by atoms with van der Waals surface area (Å²) >= 11 is 0. The number of aromatic nitrogens is 5. The first-order valence-corrected chi connectivity index (χ1v) is 11.8. The molecule has 2 aromatic heterocycles. The average Bonchev–Trinajstić information content (AvgIpc) is 3.39. The standard InChI is InChI=1S/C29H23N5O4/c1-19-31-32-33-34(19)25(17-20-11-5-3-6-12-20)28(35)38-18-24-27(29(36)37-2)26(21-13-7-4-8-14-21)22-15-9-10-16-23(22)30-24/h3-17H,18H2,1-2H3/b25-17-. The number of ether oxygens (including phenoxy) is 2. The predicted octanol–water partition coefficient (Wildman–Crippen LogP) is 4.72. The van der Waals surface area contributed by atoms with Crippen molar-refractivity contribution < 1.29 is 19.1 Å². The molecule has 0 fully saturated rings. The highest BCUT2D eigenvalue weighted by molar-refractivity contribution is 6.15. The molecule has 0 saturated carbocycles. The molecule has 5 rings (SSSR count). The quantitative estimate of drug-likeness (QED) is 0.231. The van der Waals surface area contributed by atoms with Crippen LogP contribution >= 0.6 is 0 Å². The summed E-state index contributed by atoms with van der Waals surface area (Å²) < 4.78 is 12.2. The smallest absolute Gasteiger partial charge is 0.357 e. The van der Waals surface area contributed by atoms with Gasteiger partial charge in [-0.3, -0.25) is 0 Å². The van der Waals surface area contributed by atoms with Gasteiger partial charge in [-0.2, -0.15) is 4.68 Å². The van der Waals surface area contributed by atoms with Gasteiger partial charge in [-0.25, -0.2) is 14.6 Å². The number of carbonyl (C=O) groups is 2. The number of aryl methyl sites for hydroxylation is 1. The minimum atomic E-state index is -0.684. The number of tetrazole rings is 1. The normalized spacial score (nSPS) is 11.4. The second-order valence-electron chi connectivity index (χ2n) is 8.34. The van der Waals surface area contributed by atoms with Crippen LogP contribution in [0.25, 0.3) is 33.8 Å². The molecule has 9 heteroatoms. The van der Waals surface area contributed by atoms with Gasteiger partial charge in [0.05, 0.1) is 23.9 Å². The van der Waals surface area contributed by atoms with E-state index >= 15 is 0 Å². The van der Waals surface area contributed by atoms with Crippen LogP contribution in [0.3, 0.4) is 0 Å². The van der Waals surface area contributed by atoms with E-state index in [1.165, 1.54) is 11.8 Å². The van der Waals surface area contributed by atoms with Gasteiger partial charge in [0.15, 0.2) is 11.5 Å². The Labute approximate surface area is 218 Å². The molecule has 5 aromatic rings. The molecule has 0 unspecified atom stereocenters. The van der Waals surface area contributed by atoms with E-state index in [1.807, 2.05) is 84.9 Å². The van der Waals surface area contributed by atoms with Crippen molar-refractivity contribution in [3.8, 4) is 11.1 Å². The van der Waals surface area contributed by atoms with E-state index in [0.29, 0.717) is 16.9 Å². The Hall–Kier alpha value is -5.18. The van der Waals surface area contributed by atoms with Gasteiger partial charge in [0.2, 0.25) is 0 Å². The number of methoxy groups -OCH3 is 1. The van der Waals surface area contributed by atoms with Gasteiger partial charge < -0.3 is 9.47 Å². The highest BCUT2D eigenvalue weighted by Crippen LogP contribution is 2.34. The Balaban J connectivity index is 1.58. The molecule has 0 saturated heterocycles. The van der Waals surface area contributed by atoms with E-state index in [1.54, 1.807) is 13.0 Å². The Kier molecular flexibility index (Phi) is 6.99. The largest absolute Gasteiger partial charge is 0.465 e. The third-order valence-electron chi connectivity index (χ3n) is 5.93. The third-order valence-corrected chi connectivity index (χ3v) is 5.93. The molecular formula is C29H23N5O4. The number of pyridine rings is 1. The maximum absolute atomic E-state index is 13.4. The van der Waals surface area contributed by atoms with Crippen LogP contribution in [-0.4, -0.2) is 44.2 Å². The van der Waals surface area contributed by atoms with Crippen LogP contribution < -0.4 is 0 Å². The number of hydrogen-bond donors (Lipinski definition) is 0. The summed E-state index contributed by atoms with van der Waals surface area (Å²) in [6.45, 7) is 1.40. The molecule has 38 heavy (non-hydrogen) atoms. The van der Waals surface area contributed by atoms with Crippen LogP contribution in [0.4, 0.5) is 0 Å². The molecule has 0 aliphatic carbocycles. The second kappa shape index (κ2) is 10.8. The molecule has 0 bridgehead atoms. The number of hydrogen-bond acceptors (Lipinski definition) is 8. The van der Waals surface area contributed by atoms with Crippen molar-refractivity contribution in [2.45, 2.75) is 13.5 Å². The van der Waals surface area contributed by atoms with E-state index in [0.717, 1.165) is 16.5 Å². The minimum Gasteiger partial charge on any atom is -0.465 e. The van der Waals surface area contributed by atoms with Crippen LogP contribution in [0.15, 0.2) is 84.9 Å². The van der Waals surface area contributed by atoms with Crippen LogP contribution in [0, 0.1) is 6.92 Å². The van der Waals surface area contributed by atoms with Gasteiger partial charge >= 0.3 is 11.9 Å². The van der Waals surface area contributed by atoms with Crippen molar-refractivity contribution in [3.63, 3.8) is 0 Å². The molecular weight excluding hydrogens is 482 g/mol. The zero-order chi connectivity index (χ0) is 26.5. The van der Waals surface area contributed by atoms with Crippen LogP contribution in [0.1, 0.15) is 27.4 Å². The summed E-state index contributed by atoms with van der Waals surface area (Å²) in [5.41, 5.74) is 3.51. The average molecular weight is 506 g/mol. The van der Waals surface area contributed by atoms with Gasteiger partial charge in [-0.15, -0.1) is 5.10 Å². The summed E-state index contributed by atoms with van der Waals surface area (Å²) in [6, 6.07) is 26.3. The highest BCUT2D eigenvalue weighted by Gasteiger charge is 2.25. The molecule has 188 valence electrons. The van der Waals surface area contributed by atoms with E-state index in [9.17, 15) is 9.59 Å². The lowest BCUT2D eigenvalue weighted by Gasteiger charge is -2.16. The van der Waals surface area contributed by atoms with Crippen molar-refractivity contribution >= 4 is 34.6 Å². The zero-order valence-corrected chi connectivity index (χ0v) is 20.7. The number of carbonyl (C=O) groups excluding carboxylic acids is 2. The van der Waals surface area contributed by atoms with E-state index in [4.69, 9.17) is 9.47 Å². The SMILES string of the molecule is COC(=O)c1c(COC(=O)/C(=C/c2ccccc2)n2nnnc2C)nc2ccccc2c1-c1ccccc1. The Morgan fingerprint density at radius 1 is 0.921 bits per heavy atom. The van der Waals surface area contributed by atoms with E-state index in [-0.39, 0.29) is 23.6 Å². The molecule has 0 atom stereocenters. The molecule has 3 aromatic carbocycles. The molecule has 0 amide bonds. The summed E-state index contributed by atoms with van der Waals surface area (Å²) in [5.74, 6) is -0.851. The molecule has 0 N–H and O–H groups in total. The van der Waals surface area contributed by atoms with Crippen molar-refractivity contribution in [1.29, 1.82) is 0 Å². The molecule has 0 spiro atoms. The van der Waals surface area contributed by atoms with Crippen molar-refractivity contribution in [2.75, 3.05) is 7.11 Å². The fourth-order valence-corrected chi connectivity index (χ4v) is 4.17. The van der Waals surface area contributed by atoms with E-state index < -0.39 is 11.9 Å². The molecule has 9 nitrogen and oxygen atoms in total. The molecule has 0 radical (unpaired) electrons. The van der Waals surface area contributed by atoms with Crippen molar-refractivity contribution in [3.05, 3.63) is 108 Å². The summed E-state index contributed by atoms with van der Waals surface area (Å²) in [6.07, 6.45) is 1.64. The third kappa shape index (κ3) is 4.90. The highest BCUT2D eigenvalue weighted by atomic mass is 16.5. The lowest BCUT2D eigenvalue weighted by atomic mass is 9.94. The van der Waals surface area contributed by atoms with Crippen molar-refractivity contribution in [1.82, 2.24) is 25.2 Å². The second-order valence-corrected chi connectivity index (χ2v) is 8.34. The molecule has 2 heterocycles. The molecule has 0 aliphatic rings. The number of rotatable bonds is 7. The van der Waals surface area contributed by atoms with Gasteiger partial charge in [0.25, 0.3) is 0 Å². The van der Waals surface area contributed by atoms with Crippen molar-refractivity contribution in [2.24, 2.45) is 0 Å². The number of nitrogens with zero attached hydrogens (tertiary/aromatic N) is 5. The maximum atomic E-state index is 13.4.